The Labute approximate surface area is 137 Å². The number of hydrogen-bond donors (Lipinski definition) is 1. The molecule has 0 radical (unpaired) electrons. The number of benzene rings is 1. The maximum Gasteiger partial charge on any atom is 0.266 e. The fraction of sp³-hybridized carbons (Fsp3) is 0.294. The fourth-order valence-electron chi connectivity index (χ4n) is 3.07. The number of amides is 1. The molecule has 24 heavy (non-hydrogen) atoms. The highest BCUT2D eigenvalue weighted by molar-refractivity contribution is 5.97. The summed E-state index contributed by atoms with van der Waals surface area (Å²) >= 11 is 0. The summed E-state index contributed by atoms with van der Waals surface area (Å²) in [6.45, 7) is 3.72. The van der Waals surface area contributed by atoms with E-state index in [4.69, 9.17) is 0 Å². The first-order chi connectivity index (χ1) is 11.6. The smallest absolute Gasteiger partial charge is 0.266 e. The summed E-state index contributed by atoms with van der Waals surface area (Å²) in [4.78, 5) is 33.5. The second-order valence-corrected chi connectivity index (χ2v) is 6.17. The molecule has 122 valence electrons. The Balaban J connectivity index is 1.43. The van der Waals surface area contributed by atoms with Gasteiger partial charge in [-0.05, 0) is 31.2 Å². The summed E-state index contributed by atoms with van der Waals surface area (Å²) in [6.07, 6.45) is 1.60. The van der Waals surface area contributed by atoms with Crippen molar-refractivity contribution in [3.8, 4) is 0 Å². The fourth-order valence-corrected chi connectivity index (χ4v) is 3.07. The highest BCUT2D eigenvalue weighted by Gasteiger charge is 2.31. The number of carbonyl (C=O) groups excluding carboxylic acids is 1. The van der Waals surface area contributed by atoms with Crippen molar-refractivity contribution in [1.29, 1.82) is 0 Å². The van der Waals surface area contributed by atoms with Crippen LogP contribution in [0, 0.1) is 12.8 Å². The van der Waals surface area contributed by atoms with E-state index in [1.165, 1.54) is 10.7 Å². The van der Waals surface area contributed by atoms with E-state index in [0.717, 1.165) is 16.9 Å². The maximum absolute atomic E-state index is 12.5. The molecule has 1 aromatic carbocycles. The lowest BCUT2D eigenvalue weighted by atomic mass is 9.98. The normalized spacial score (nSPS) is 14.8. The van der Waals surface area contributed by atoms with Gasteiger partial charge in [-0.1, -0.05) is 0 Å². The molecule has 1 aliphatic rings. The van der Waals surface area contributed by atoms with Gasteiger partial charge in [0.05, 0.1) is 17.6 Å². The molecule has 0 spiro atoms. The van der Waals surface area contributed by atoms with Gasteiger partial charge in [0.1, 0.15) is 5.82 Å². The van der Waals surface area contributed by atoms with Crippen LogP contribution in [0.25, 0.3) is 11.0 Å². The number of aromatic amines is 1. The minimum atomic E-state index is -0.109. The number of aromatic nitrogens is 4. The molecule has 1 aliphatic heterocycles. The average molecular weight is 323 g/mol. The van der Waals surface area contributed by atoms with Gasteiger partial charge in [0.15, 0.2) is 0 Å². The number of H-pyrrole nitrogens is 1. The summed E-state index contributed by atoms with van der Waals surface area (Å²) in [5, 5.41) is 4.05. The Bertz CT molecular complexity index is 968. The van der Waals surface area contributed by atoms with Crippen molar-refractivity contribution in [2.75, 3.05) is 13.1 Å². The second-order valence-electron chi connectivity index (χ2n) is 6.17. The predicted octanol–water partition coefficient (Wildman–Crippen LogP) is 1.20. The molecule has 0 saturated carbocycles. The van der Waals surface area contributed by atoms with Crippen molar-refractivity contribution >= 4 is 16.9 Å². The van der Waals surface area contributed by atoms with Crippen molar-refractivity contribution in [1.82, 2.24) is 24.6 Å². The molecule has 7 nitrogen and oxygen atoms in total. The topological polar surface area (TPSA) is 83.9 Å². The van der Waals surface area contributed by atoms with Gasteiger partial charge in [-0.3, -0.25) is 9.59 Å². The first-order valence-corrected chi connectivity index (χ1v) is 7.88. The van der Waals surface area contributed by atoms with E-state index in [1.807, 2.05) is 25.1 Å². The zero-order valence-corrected chi connectivity index (χ0v) is 13.3. The number of imidazole rings is 1. The monoisotopic (exact) mass is 323 g/mol. The number of carbonyl (C=O) groups is 1. The molecule has 0 aliphatic carbocycles. The summed E-state index contributed by atoms with van der Waals surface area (Å²) in [6, 6.07) is 8.63. The number of aryl methyl sites for hydroxylation is 1. The Hall–Kier alpha value is -2.96. The predicted molar refractivity (Wildman–Crippen MR) is 88.7 cm³/mol. The van der Waals surface area contributed by atoms with Crippen LogP contribution in [-0.4, -0.2) is 43.6 Å². The van der Waals surface area contributed by atoms with Gasteiger partial charge >= 0.3 is 0 Å². The van der Waals surface area contributed by atoms with Gasteiger partial charge in [-0.25, -0.2) is 9.67 Å². The number of rotatable bonds is 3. The quantitative estimate of drug-likeness (QED) is 0.785. The van der Waals surface area contributed by atoms with Crippen LogP contribution >= 0.6 is 0 Å². The van der Waals surface area contributed by atoms with Gasteiger partial charge in [-0.15, -0.1) is 0 Å². The zero-order valence-electron chi connectivity index (χ0n) is 13.3. The Morgan fingerprint density at radius 3 is 2.96 bits per heavy atom. The van der Waals surface area contributed by atoms with E-state index in [0.29, 0.717) is 25.2 Å². The van der Waals surface area contributed by atoms with Crippen molar-refractivity contribution in [2.24, 2.45) is 5.92 Å². The summed E-state index contributed by atoms with van der Waals surface area (Å²) in [5.74, 6) is 1.10. The Morgan fingerprint density at radius 1 is 1.33 bits per heavy atom. The number of nitrogens with zero attached hydrogens (tertiary/aromatic N) is 4. The van der Waals surface area contributed by atoms with Crippen LogP contribution in [0.2, 0.25) is 0 Å². The molecule has 1 fully saturated rings. The van der Waals surface area contributed by atoms with Crippen LogP contribution in [-0.2, 0) is 6.54 Å². The molecule has 3 aromatic rings. The molecule has 4 rings (SSSR count). The van der Waals surface area contributed by atoms with E-state index in [-0.39, 0.29) is 17.4 Å². The molecular weight excluding hydrogens is 306 g/mol. The van der Waals surface area contributed by atoms with Crippen molar-refractivity contribution < 1.29 is 4.79 Å². The maximum atomic E-state index is 12.5. The van der Waals surface area contributed by atoms with E-state index in [2.05, 4.69) is 15.1 Å². The van der Waals surface area contributed by atoms with Crippen molar-refractivity contribution in [2.45, 2.75) is 13.5 Å². The average Bonchev–Trinajstić information content (AvgIpc) is 2.90. The minimum Gasteiger partial charge on any atom is -0.342 e. The summed E-state index contributed by atoms with van der Waals surface area (Å²) in [7, 11) is 0. The number of nitrogens with one attached hydrogen (secondary N) is 1. The number of likely N-dealkylation sites (tertiary alicyclic amines) is 1. The van der Waals surface area contributed by atoms with E-state index >= 15 is 0 Å². The molecule has 1 amide bonds. The highest BCUT2D eigenvalue weighted by Crippen LogP contribution is 2.21. The molecule has 0 atom stereocenters. The van der Waals surface area contributed by atoms with Gasteiger partial charge in [-0.2, -0.15) is 5.10 Å². The molecule has 0 bridgehead atoms. The molecule has 2 aromatic heterocycles. The first-order valence-electron chi connectivity index (χ1n) is 7.88. The summed E-state index contributed by atoms with van der Waals surface area (Å²) in [5.41, 5.74) is 2.28. The summed E-state index contributed by atoms with van der Waals surface area (Å²) < 4.78 is 1.45. The second kappa shape index (κ2) is 5.59. The Morgan fingerprint density at radius 2 is 2.17 bits per heavy atom. The third-order valence-electron chi connectivity index (χ3n) is 4.31. The van der Waals surface area contributed by atoms with Crippen molar-refractivity contribution in [3.05, 3.63) is 58.3 Å². The molecule has 3 heterocycles. The van der Waals surface area contributed by atoms with Crippen LogP contribution in [0.1, 0.15) is 16.2 Å². The van der Waals surface area contributed by atoms with Crippen LogP contribution in [0.4, 0.5) is 0 Å². The highest BCUT2D eigenvalue weighted by atomic mass is 16.2. The van der Waals surface area contributed by atoms with Gasteiger partial charge in [0.2, 0.25) is 0 Å². The van der Waals surface area contributed by atoms with E-state index in [9.17, 15) is 9.59 Å². The van der Waals surface area contributed by atoms with Gasteiger partial charge in [0, 0.05) is 36.8 Å². The molecular formula is C17H17N5O2. The Kier molecular flexibility index (Phi) is 3.41. The third-order valence-corrected chi connectivity index (χ3v) is 4.31. The molecule has 1 saturated heterocycles. The minimum absolute atomic E-state index is 0.00812. The number of fused-ring (bicyclic) bond motifs is 1. The van der Waals surface area contributed by atoms with E-state index in [1.54, 1.807) is 17.2 Å². The third kappa shape index (κ3) is 2.58. The lowest BCUT2D eigenvalue weighted by molar-refractivity contribution is 0.0458. The number of hydrogen-bond acceptors (Lipinski definition) is 4. The lowest BCUT2D eigenvalue weighted by Crippen LogP contribution is -2.52. The SMILES string of the molecule is Cc1nc2ccc(C(=O)N3CC(Cn4ncccc4=O)C3)cc2[nH]1. The molecule has 0 unspecified atom stereocenters. The molecule has 7 heteroatoms. The standard InChI is InChI=1S/C17H17N5O2/c1-11-19-14-5-4-13(7-15(14)20-11)17(24)21-8-12(9-21)10-22-16(23)3-2-6-18-22/h2-7,12H,8-10H2,1H3,(H,19,20). The van der Waals surface area contributed by atoms with Crippen LogP contribution in [0.5, 0.6) is 0 Å². The lowest BCUT2D eigenvalue weighted by Gasteiger charge is -2.39. The molecule has 1 N–H and O–H groups in total. The first kappa shape index (κ1) is 14.6. The van der Waals surface area contributed by atoms with Gasteiger partial charge in [0.25, 0.3) is 11.5 Å². The van der Waals surface area contributed by atoms with E-state index < -0.39 is 0 Å². The van der Waals surface area contributed by atoms with Crippen LogP contribution in [0.15, 0.2) is 41.3 Å². The van der Waals surface area contributed by atoms with Crippen LogP contribution in [0.3, 0.4) is 0 Å². The van der Waals surface area contributed by atoms with Crippen LogP contribution < -0.4 is 5.56 Å². The van der Waals surface area contributed by atoms with Crippen molar-refractivity contribution in [3.63, 3.8) is 0 Å². The van der Waals surface area contributed by atoms with Gasteiger partial charge < -0.3 is 9.88 Å². The largest absolute Gasteiger partial charge is 0.342 e. The zero-order chi connectivity index (χ0) is 16.7.